The number of carbonyl (C=O) groups excluding carboxylic acids is 1. The van der Waals surface area contributed by atoms with E-state index >= 15 is 0 Å². The Kier molecular flexibility index (Phi) is 4.94. The summed E-state index contributed by atoms with van der Waals surface area (Å²) >= 11 is 0. The molecule has 3 nitrogen and oxygen atoms in total. The van der Waals surface area contributed by atoms with Gasteiger partial charge in [-0.05, 0) is 33.2 Å². The van der Waals surface area contributed by atoms with Crippen molar-refractivity contribution in [3.05, 3.63) is 0 Å². The van der Waals surface area contributed by atoms with E-state index in [0.29, 0.717) is 0 Å². The monoisotopic (exact) mass is 198 g/mol. The first-order valence-corrected chi connectivity index (χ1v) is 5.81. The molecular formula is C11H22N2O. The molecule has 0 aliphatic carbocycles. The maximum Gasteiger partial charge on any atom is 0.239 e. The van der Waals surface area contributed by atoms with Crippen molar-refractivity contribution in [3.63, 3.8) is 0 Å². The first-order chi connectivity index (χ1) is 6.79. The third kappa shape index (κ3) is 2.98. The van der Waals surface area contributed by atoms with Crippen molar-refractivity contribution in [2.24, 2.45) is 0 Å². The molecule has 1 N–H and O–H groups in total. The van der Waals surface area contributed by atoms with Gasteiger partial charge >= 0.3 is 0 Å². The number of nitrogens with one attached hydrogen (secondary N) is 1. The van der Waals surface area contributed by atoms with Crippen LogP contribution < -0.4 is 5.32 Å². The number of carbonyl (C=O) groups is 1. The first kappa shape index (κ1) is 11.5. The van der Waals surface area contributed by atoms with Crippen molar-refractivity contribution in [2.75, 3.05) is 19.6 Å². The van der Waals surface area contributed by atoms with E-state index in [2.05, 4.69) is 5.32 Å². The van der Waals surface area contributed by atoms with Crippen molar-refractivity contribution < 1.29 is 4.79 Å². The van der Waals surface area contributed by atoms with Gasteiger partial charge in [-0.25, -0.2) is 0 Å². The Morgan fingerprint density at radius 1 is 1.29 bits per heavy atom. The fourth-order valence-corrected chi connectivity index (χ4v) is 2.00. The summed E-state index contributed by atoms with van der Waals surface area (Å²) in [7, 11) is 0. The van der Waals surface area contributed by atoms with Gasteiger partial charge in [-0.3, -0.25) is 4.79 Å². The standard InChI is InChI=1S/C11H22N2O/c1-3-13(4-2)11(14)10-8-6-5-7-9-12-10/h10,12H,3-9H2,1-2H3/t10-/m1/s1. The topological polar surface area (TPSA) is 32.3 Å². The van der Waals surface area contributed by atoms with Gasteiger partial charge < -0.3 is 10.2 Å². The highest BCUT2D eigenvalue weighted by molar-refractivity contribution is 5.81. The maximum atomic E-state index is 12.0. The highest BCUT2D eigenvalue weighted by Gasteiger charge is 2.22. The molecule has 1 rings (SSSR count). The van der Waals surface area contributed by atoms with Crippen LogP contribution in [-0.2, 0) is 4.79 Å². The van der Waals surface area contributed by atoms with Gasteiger partial charge in [0.05, 0.1) is 6.04 Å². The minimum atomic E-state index is 0.0809. The molecule has 0 aromatic carbocycles. The summed E-state index contributed by atoms with van der Waals surface area (Å²) in [4.78, 5) is 13.9. The second-order valence-electron chi connectivity index (χ2n) is 3.87. The molecule has 0 spiro atoms. The van der Waals surface area contributed by atoms with Gasteiger partial charge in [-0.1, -0.05) is 12.8 Å². The van der Waals surface area contributed by atoms with Gasteiger partial charge in [0.2, 0.25) is 5.91 Å². The van der Waals surface area contributed by atoms with E-state index in [0.717, 1.165) is 26.1 Å². The van der Waals surface area contributed by atoms with Crippen molar-refractivity contribution >= 4 is 5.91 Å². The third-order valence-electron chi connectivity index (χ3n) is 2.93. The molecule has 1 atom stereocenters. The normalized spacial score (nSPS) is 22.9. The fourth-order valence-electron chi connectivity index (χ4n) is 2.00. The lowest BCUT2D eigenvalue weighted by Gasteiger charge is -2.24. The number of amides is 1. The quantitative estimate of drug-likeness (QED) is 0.743. The Hall–Kier alpha value is -0.570. The fraction of sp³-hybridized carbons (Fsp3) is 0.909. The number of nitrogens with zero attached hydrogens (tertiary/aromatic N) is 1. The van der Waals surface area contributed by atoms with E-state index in [1.165, 1.54) is 19.3 Å². The molecule has 1 amide bonds. The minimum Gasteiger partial charge on any atom is -0.342 e. The highest BCUT2D eigenvalue weighted by Crippen LogP contribution is 2.10. The lowest BCUT2D eigenvalue weighted by Crippen LogP contribution is -2.46. The van der Waals surface area contributed by atoms with Crippen molar-refractivity contribution in [3.8, 4) is 0 Å². The number of likely N-dealkylation sites (N-methyl/N-ethyl adjacent to an activating group) is 1. The Balaban J connectivity index is 2.48. The molecule has 1 aliphatic rings. The van der Waals surface area contributed by atoms with E-state index in [9.17, 15) is 4.79 Å². The van der Waals surface area contributed by atoms with Crippen LogP contribution in [0.15, 0.2) is 0 Å². The van der Waals surface area contributed by atoms with Crippen LogP contribution in [-0.4, -0.2) is 36.5 Å². The predicted octanol–water partition coefficient (Wildman–Crippen LogP) is 1.39. The Morgan fingerprint density at radius 2 is 2.00 bits per heavy atom. The van der Waals surface area contributed by atoms with Crippen LogP contribution in [0.25, 0.3) is 0 Å². The second kappa shape index (κ2) is 6.02. The van der Waals surface area contributed by atoms with Gasteiger partial charge in [0.1, 0.15) is 0 Å². The molecule has 1 heterocycles. The molecule has 14 heavy (non-hydrogen) atoms. The van der Waals surface area contributed by atoms with Crippen LogP contribution in [0.3, 0.4) is 0 Å². The molecule has 82 valence electrons. The number of rotatable bonds is 3. The van der Waals surface area contributed by atoms with E-state index in [1.54, 1.807) is 0 Å². The zero-order valence-electron chi connectivity index (χ0n) is 9.38. The number of hydrogen-bond donors (Lipinski definition) is 1. The van der Waals surface area contributed by atoms with Crippen LogP contribution in [0.2, 0.25) is 0 Å². The molecule has 0 aromatic heterocycles. The molecule has 1 aliphatic heterocycles. The van der Waals surface area contributed by atoms with Gasteiger partial charge in [0, 0.05) is 13.1 Å². The summed E-state index contributed by atoms with van der Waals surface area (Å²) in [5, 5.41) is 3.34. The third-order valence-corrected chi connectivity index (χ3v) is 2.93. The van der Waals surface area contributed by atoms with Gasteiger partial charge in [-0.15, -0.1) is 0 Å². The Bertz CT molecular complexity index is 170. The average molecular weight is 198 g/mol. The molecule has 0 bridgehead atoms. The highest BCUT2D eigenvalue weighted by atomic mass is 16.2. The lowest BCUT2D eigenvalue weighted by atomic mass is 10.1. The van der Waals surface area contributed by atoms with Crippen molar-refractivity contribution in [2.45, 2.75) is 45.6 Å². The lowest BCUT2D eigenvalue weighted by molar-refractivity contribution is -0.133. The van der Waals surface area contributed by atoms with E-state index in [-0.39, 0.29) is 11.9 Å². The predicted molar refractivity (Wildman–Crippen MR) is 58.2 cm³/mol. The Morgan fingerprint density at radius 3 is 2.64 bits per heavy atom. The summed E-state index contributed by atoms with van der Waals surface area (Å²) in [5.41, 5.74) is 0. The maximum absolute atomic E-state index is 12.0. The average Bonchev–Trinajstić information content (AvgIpc) is 2.47. The molecule has 3 heteroatoms. The summed E-state index contributed by atoms with van der Waals surface area (Å²) < 4.78 is 0. The zero-order valence-corrected chi connectivity index (χ0v) is 9.38. The number of hydrogen-bond acceptors (Lipinski definition) is 2. The van der Waals surface area contributed by atoms with E-state index in [1.807, 2.05) is 18.7 Å². The zero-order chi connectivity index (χ0) is 10.4. The summed E-state index contributed by atoms with van der Waals surface area (Å²) in [6, 6.07) is 0.0809. The SMILES string of the molecule is CCN(CC)C(=O)[C@H]1CCCCCN1. The summed E-state index contributed by atoms with van der Waals surface area (Å²) in [6.07, 6.45) is 4.66. The first-order valence-electron chi connectivity index (χ1n) is 5.81. The summed E-state index contributed by atoms with van der Waals surface area (Å²) in [5.74, 6) is 0.289. The molecule has 1 saturated heterocycles. The van der Waals surface area contributed by atoms with Crippen LogP contribution in [0.4, 0.5) is 0 Å². The minimum absolute atomic E-state index is 0.0809. The van der Waals surface area contributed by atoms with Gasteiger partial charge in [0.15, 0.2) is 0 Å². The molecular weight excluding hydrogens is 176 g/mol. The van der Waals surface area contributed by atoms with Crippen molar-refractivity contribution in [1.82, 2.24) is 10.2 Å². The van der Waals surface area contributed by atoms with Crippen LogP contribution in [0, 0.1) is 0 Å². The van der Waals surface area contributed by atoms with E-state index < -0.39 is 0 Å². The van der Waals surface area contributed by atoms with Crippen LogP contribution in [0.5, 0.6) is 0 Å². The molecule has 0 saturated carbocycles. The van der Waals surface area contributed by atoms with Gasteiger partial charge in [-0.2, -0.15) is 0 Å². The summed E-state index contributed by atoms with van der Waals surface area (Å²) in [6.45, 7) is 6.73. The Labute approximate surface area is 86.9 Å². The molecule has 1 fully saturated rings. The molecule has 0 unspecified atom stereocenters. The largest absolute Gasteiger partial charge is 0.342 e. The second-order valence-corrected chi connectivity index (χ2v) is 3.87. The molecule has 0 aromatic rings. The van der Waals surface area contributed by atoms with Crippen molar-refractivity contribution in [1.29, 1.82) is 0 Å². The van der Waals surface area contributed by atoms with E-state index in [4.69, 9.17) is 0 Å². The van der Waals surface area contributed by atoms with Gasteiger partial charge in [0.25, 0.3) is 0 Å². The smallest absolute Gasteiger partial charge is 0.239 e. The molecule has 0 radical (unpaired) electrons. The van der Waals surface area contributed by atoms with Crippen LogP contribution in [0.1, 0.15) is 39.5 Å². The van der Waals surface area contributed by atoms with Crippen LogP contribution >= 0.6 is 0 Å².